The van der Waals surface area contributed by atoms with Gasteiger partial charge in [-0.2, -0.15) is 5.10 Å². The van der Waals surface area contributed by atoms with Crippen LogP contribution >= 0.6 is 0 Å². The Balaban J connectivity index is 2.59. The molecule has 0 saturated carbocycles. The van der Waals surface area contributed by atoms with E-state index in [1.54, 1.807) is 6.92 Å². The molecular formula is C11H21N3O. The molecule has 4 heteroatoms. The number of aliphatic hydroxyl groups excluding tert-OH is 1. The van der Waals surface area contributed by atoms with Gasteiger partial charge in [0.05, 0.1) is 11.8 Å². The van der Waals surface area contributed by atoms with Gasteiger partial charge in [0, 0.05) is 31.9 Å². The summed E-state index contributed by atoms with van der Waals surface area (Å²) in [4.78, 5) is 0. The van der Waals surface area contributed by atoms with Crippen molar-refractivity contribution in [3.05, 3.63) is 17.5 Å². The topological polar surface area (TPSA) is 50.1 Å². The second kappa shape index (κ2) is 5.28. The van der Waals surface area contributed by atoms with Crippen LogP contribution in [0.15, 0.2) is 6.20 Å². The number of hydrogen-bond donors (Lipinski definition) is 2. The quantitative estimate of drug-likeness (QED) is 0.764. The van der Waals surface area contributed by atoms with E-state index in [4.69, 9.17) is 5.11 Å². The normalized spacial score (nSPS) is 13.5. The van der Waals surface area contributed by atoms with E-state index >= 15 is 0 Å². The summed E-state index contributed by atoms with van der Waals surface area (Å²) in [5, 5.41) is 16.8. The van der Waals surface area contributed by atoms with Crippen LogP contribution in [-0.4, -0.2) is 27.5 Å². The first-order chi connectivity index (χ1) is 7.00. The van der Waals surface area contributed by atoms with Crippen LogP contribution in [0, 0.1) is 0 Å². The molecule has 0 aliphatic carbocycles. The summed E-state index contributed by atoms with van der Waals surface area (Å²) >= 11 is 0. The van der Waals surface area contributed by atoms with Gasteiger partial charge in [-0.1, -0.05) is 13.8 Å². The lowest BCUT2D eigenvalue weighted by Crippen LogP contribution is -2.24. The summed E-state index contributed by atoms with van der Waals surface area (Å²) in [6, 6.07) is 0. The minimum atomic E-state index is -0.302. The minimum Gasteiger partial charge on any atom is -0.392 e. The van der Waals surface area contributed by atoms with E-state index in [0.29, 0.717) is 12.5 Å². The van der Waals surface area contributed by atoms with Crippen molar-refractivity contribution in [3.63, 3.8) is 0 Å². The zero-order valence-electron chi connectivity index (χ0n) is 9.99. The fourth-order valence-electron chi connectivity index (χ4n) is 1.59. The molecule has 4 nitrogen and oxygen atoms in total. The molecule has 0 aromatic carbocycles. The molecule has 0 unspecified atom stereocenters. The Hall–Kier alpha value is -0.870. The predicted molar refractivity (Wildman–Crippen MR) is 60.7 cm³/mol. The number of aromatic nitrogens is 2. The van der Waals surface area contributed by atoms with Crippen molar-refractivity contribution >= 4 is 0 Å². The SMILES string of the molecule is CC(C)c1nn(C)cc1CNC[C@H](C)O. The first-order valence-electron chi connectivity index (χ1n) is 5.42. The molecule has 1 heterocycles. The Labute approximate surface area is 91.3 Å². The zero-order chi connectivity index (χ0) is 11.4. The van der Waals surface area contributed by atoms with E-state index in [-0.39, 0.29) is 6.10 Å². The van der Waals surface area contributed by atoms with Crippen molar-refractivity contribution in [1.29, 1.82) is 0 Å². The standard InChI is InChI=1S/C11H21N3O/c1-8(2)11-10(7-14(4)13-11)6-12-5-9(3)15/h7-9,12,15H,5-6H2,1-4H3/t9-/m0/s1. The molecule has 1 rings (SSSR count). The van der Waals surface area contributed by atoms with Gasteiger partial charge in [0.2, 0.25) is 0 Å². The number of aryl methyl sites for hydroxylation is 1. The second-order valence-corrected chi connectivity index (χ2v) is 4.35. The van der Waals surface area contributed by atoms with Gasteiger partial charge in [-0.15, -0.1) is 0 Å². The Morgan fingerprint density at radius 1 is 1.47 bits per heavy atom. The van der Waals surface area contributed by atoms with E-state index < -0.39 is 0 Å². The highest BCUT2D eigenvalue weighted by molar-refractivity contribution is 5.19. The molecule has 2 N–H and O–H groups in total. The maximum atomic E-state index is 9.13. The summed E-state index contributed by atoms with van der Waals surface area (Å²) in [6.45, 7) is 7.44. The van der Waals surface area contributed by atoms with Gasteiger partial charge in [0.15, 0.2) is 0 Å². The Morgan fingerprint density at radius 2 is 2.13 bits per heavy atom. The van der Waals surface area contributed by atoms with Gasteiger partial charge in [0.25, 0.3) is 0 Å². The fraction of sp³-hybridized carbons (Fsp3) is 0.727. The van der Waals surface area contributed by atoms with Gasteiger partial charge in [-0.05, 0) is 12.8 Å². The van der Waals surface area contributed by atoms with Crippen LogP contribution < -0.4 is 5.32 Å². The first-order valence-corrected chi connectivity index (χ1v) is 5.42. The fourth-order valence-corrected chi connectivity index (χ4v) is 1.59. The summed E-state index contributed by atoms with van der Waals surface area (Å²) in [6.07, 6.45) is 1.73. The van der Waals surface area contributed by atoms with Crippen LogP contribution in [0.25, 0.3) is 0 Å². The molecule has 1 aromatic heterocycles. The third kappa shape index (κ3) is 3.64. The number of nitrogens with zero attached hydrogens (tertiary/aromatic N) is 2. The predicted octanol–water partition coefficient (Wildman–Crippen LogP) is 1.01. The Kier molecular flexibility index (Phi) is 4.29. The van der Waals surface area contributed by atoms with Crippen LogP contribution in [-0.2, 0) is 13.6 Å². The molecule has 0 saturated heterocycles. The summed E-state index contributed by atoms with van der Waals surface area (Å²) < 4.78 is 1.84. The van der Waals surface area contributed by atoms with E-state index in [2.05, 4.69) is 24.3 Å². The third-order valence-electron chi connectivity index (χ3n) is 2.24. The highest BCUT2D eigenvalue weighted by atomic mass is 16.3. The average Bonchev–Trinajstić information content (AvgIpc) is 2.46. The van der Waals surface area contributed by atoms with Crippen molar-refractivity contribution in [3.8, 4) is 0 Å². The number of nitrogens with one attached hydrogen (secondary N) is 1. The lowest BCUT2D eigenvalue weighted by molar-refractivity contribution is 0.191. The molecule has 0 spiro atoms. The maximum Gasteiger partial charge on any atom is 0.0694 e. The van der Waals surface area contributed by atoms with Gasteiger partial charge in [0.1, 0.15) is 0 Å². The van der Waals surface area contributed by atoms with Gasteiger partial charge in [-0.25, -0.2) is 0 Å². The van der Waals surface area contributed by atoms with E-state index in [0.717, 1.165) is 12.2 Å². The molecule has 0 bridgehead atoms. The Morgan fingerprint density at radius 3 is 2.67 bits per heavy atom. The minimum absolute atomic E-state index is 0.302. The molecule has 0 aliphatic heterocycles. The van der Waals surface area contributed by atoms with E-state index in [1.165, 1.54) is 5.56 Å². The number of rotatable bonds is 5. The highest BCUT2D eigenvalue weighted by Gasteiger charge is 2.10. The molecule has 15 heavy (non-hydrogen) atoms. The molecule has 0 aliphatic rings. The third-order valence-corrected chi connectivity index (χ3v) is 2.24. The van der Waals surface area contributed by atoms with Crippen molar-refractivity contribution in [2.75, 3.05) is 6.54 Å². The van der Waals surface area contributed by atoms with Crippen molar-refractivity contribution in [2.45, 2.75) is 39.3 Å². The number of aliphatic hydroxyl groups is 1. The van der Waals surface area contributed by atoms with Gasteiger partial charge in [-0.3, -0.25) is 4.68 Å². The smallest absolute Gasteiger partial charge is 0.0694 e. The van der Waals surface area contributed by atoms with Gasteiger partial charge >= 0.3 is 0 Å². The van der Waals surface area contributed by atoms with Crippen molar-refractivity contribution < 1.29 is 5.11 Å². The summed E-state index contributed by atoms with van der Waals surface area (Å²) in [5.74, 6) is 0.439. The molecule has 0 fully saturated rings. The van der Waals surface area contributed by atoms with Crippen LogP contribution in [0.4, 0.5) is 0 Å². The first kappa shape index (κ1) is 12.2. The zero-order valence-corrected chi connectivity index (χ0v) is 9.99. The molecule has 1 aromatic rings. The summed E-state index contributed by atoms with van der Waals surface area (Å²) in [5.41, 5.74) is 2.35. The number of hydrogen-bond acceptors (Lipinski definition) is 3. The highest BCUT2D eigenvalue weighted by Crippen LogP contribution is 2.16. The van der Waals surface area contributed by atoms with Crippen LogP contribution in [0.1, 0.15) is 37.9 Å². The second-order valence-electron chi connectivity index (χ2n) is 4.35. The van der Waals surface area contributed by atoms with Crippen LogP contribution in [0.5, 0.6) is 0 Å². The molecule has 0 amide bonds. The van der Waals surface area contributed by atoms with E-state index in [9.17, 15) is 0 Å². The molecular weight excluding hydrogens is 190 g/mol. The molecule has 1 atom stereocenters. The Bertz CT molecular complexity index is 305. The lowest BCUT2D eigenvalue weighted by Gasteiger charge is -2.08. The largest absolute Gasteiger partial charge is 0.392 e. The average molecular weight is 211 g/mol. The monoisotopic (exact) mass is 211 g/mol. The lowest BCUT2D eigenvalue weighted by atomic mass is 10.1. The maximum absolute atomic E-state index is 9.13. The summed E-state index contributed by atoms with van der Waals surface area (Å²) in [7, 11) is 1.93. The molecule has 86 valence electrons. The van der Waals surface area contributed by atoms with Crippen LogP contribution in [0.2, 0.25) is 0 Å². The van der Waals surface area contributed by atoms with E-state index in [1.807, 2.05) is 17.9 Å². The van der Waals surface area contributed by atoms with Crippen molar-refractivity contribution in [2.24, 2.45) is 7.05 Å². The van der Waals surface area contributed by atoms with Gasteiger partial charge < -0.3 is 10.4 Å². The van der Waals surface area contributed by atoms with Crippen LogP contribution in [0.3, 0.4) is 0 Å². The molecule has 0 radical (unpaired) electrons. The van der Waals surface area contributed by atoms with Crippen molar-refractivity contribution in [1.82, 2.24) is 15.1 Å².